The average molecular weight is 433 g/mol. The molecule has 2 aliphatic heterocycles. The molecule has 31 heavy (non-hydrogen) atoms. The van der Waals surface area contributed by atoms with Gasteiger partial charge in [-0.1, -0.05) is 18.7 Å². The predicted octanol–water partition coefficient (Wildman–Crippen LogP) is 3.61. The van der Waals surface area contributed by atoms with Crippen LogP contribution in [-0.2, 0) is 6.42 Å². The lowest BCUT2D eigenvalue weighted by Crippen LogP contribution is -2.48. The van der Waals surface area contributed by atoms with Crippen LogP contribution in [0.4, 0.5) is 5.82 Å². The molecule has 0 amide bonds. The standard InChI is InChI=1S/C24H28N6S/c1-17-20-16-25-23(18-6-7-18)26-21(20)8-9-29(17)13-10-28-11-14-30(15-12-28)24-19-4-2-3-5-22(19)31-27-24/h2-5,16,18H,1,6-15H2. The van der Waals surface area contributed by atoms with E-state index in [1.54, 1.807) is 11.5 Å². The molecule has 160 valence electrons. The summed E-state index contributed by atoms with van der Waals surface area (Å²) in [6, 6.07) is 8.55. The van der Waals surface area contributed by atoms with Gasteiger partial charge in [-0.05, 0) is 36.5 Å². The number of benzene rings is 1. The molecule has 1 saturated carbocycles. The second-order valence-electron chi connectivity index (χ2n) is 8.88. The zero-order chi connectivity index (χ0) is 20.8. The largest absolute Gasteiger partial charge is 0.370 e. The Morgan fingerprint density at radius 2 is 1.87 bits per heavy atom. The highest BCUT2D eigenvalue weighted by Crippen LogP contribution is 2.39. The van der Waals surface area contributed by atoms with E-state index in [4.69, 9.17) is 9.36 Å². The summed E-state index contributed by atoms with van der Waals surface area (Å²) in [5, 5.41) is 1.29. The van der Waals surface area contributed by atoms with Gasteiger partial charge in [-0.3, -0.25) is 4.90 Å². The van der Waals surface area contributed by atoms with Gasteiger partial charge in [-0.2, -0.15) is 4.37 Å². The fourth-order valence-corrected chi connectivity index (χ4v) is 5.54. The Morgan fingerprint density at radius 3 is 2.71 bits per heavy atom. The van der Waals surface area contributed by atoms with E-state index < -0.39 is 0 Å². The second-order valence-corrected chi connectivity index (χ2v) is 9.68. The van der Waals surface area contributed by atoms with E-state index in [1.165, 1.54) is 28.6 Å². The summed E-state index contributed by atoms with van der Waals surface area (Å²) in [5.74, 6) is 2.81. The predicted molar refractivity (Wildman–Crippen MR) is 127 cm³/mol. The first kappa shape index (κ1) is 19.2. The molecule has 6 rings (SSSR count). The molecule has 1 saturated heterocycles. The molecule has 0 atom stereocenters. The molecule has 4 heterocycles. The summed E-state index contributed by atoms with van der Waals surface area (Å²) >= 11 is 1.61. The lowest BCUT2D eigenvalue weighted by Gasteiger charge is -2.38. The SMILES string of the molecule is C=C1c2cnc(C3CC3)nc2CCN1CCN1CCN(c2nsc3ccccc23)CC1. The molecule has 0 N–H and O–H groups in total. The Labute approximate surface area is 187 Å². The quantitative estimate of drug-likeness (QED) is 0.614. The minimum Gasteiger partial charge on any atom is -0.370 e. The van der Waals surface area contributed by atoms with Crippen molar-refractivity contribution in [3.63, 3.8) is 0 Å². The topological polar surface area (TPSA) is 48.4 Å². The molecule has 2 fully saturated rings. The van der Waals surface area contributed by atoms with Gasteiger partial charge in [0, 0.05) is 81.0 Å². The molecule has 0 spiro atoms. The first-order chi connectivity index (χ1) is 15.3. The van der Waals surface area contributed by atoms with E-state index >= 15 is 0 Å². The van der Waals surface area contributed by atoms with Crippen LogP contribution in [0.2, 0.25) is 0 Å². The summed E-state index contributed by atoms with van der Waals surface area (Å²) in [7, 11) is 0. The molecule has 3 aromatic rings. The fraction of sp³-hybridized carbons (Fsp3) is 0.458. The van der Waals surface area contributed by atoms with Crippen molar-refractivity contribution >= 4 is 33.1 Å². The van der Waals surface area contributed by atoms with E-state index in [0.717, 1.165) is 75.1 Å². The molecular formula is C24H28N6S. The summed E-state index contributed by atoms with van der Waals surface area (Å²) in [6.07, 6.45) is 5.51. The zero-order valence-electron chi connectivity index (χ0n) is 17.8. The maximum absolute atomic E-state index is 4.84. The average Bonchev–Trinajstić information content (AvgIpc) is 3.58. The zero-order valence-corrected chi connectivity index (χ0v) is 18.7. The first-order valence-corrected chi connectivity index (χ1v) is 12.2. The highest BCUT2D eigenvalue weighted by Gasteiger charge is 2.29. The number of aromatic nitrogens is 3. The van der Waals surface area contributed by atoms with Gasteiger partial charge in [0.25, 0.3) is 0 Å². The fourth-order valence-electron chi connectivity index (χ4n) is 4.74. The van der Waals surface area contributed by atoms with E-state index in [0.29, 0.717) is 5.92 Å². The number of piperazine rings is 1. The molecule has 7 heteroatoms. The van der Waals surface area contributed by atoms with Gasteiger partial charge in [-0.15, -0.1) is 0 Å². The van der Waals surface area contributed by atoms with Crippen LogP contribution >= 0.6 is 11.5 Å². The third-order valence-corrected chi connectivity index (χ3v) is 7.67. The van der Waals surface area contributed by atoms with Crippen molar-refractivity contribution < 1.29 is 0 Å². The lowest BCUT2D eigenvalue weighted by molar-refractivity contribution is 0.229. The van der Waals surface area contributed by atoms with E-state index in [-0.39, 0.29) is 0 Å². The highest BCUT2D eigenvalue weighted by molar-refractivity contribution is 7.13. The third-order valence-electron chi connectivity index (χ3n) is 6.86. The summed E-state index contributed by atoms with van der Waals surface area (Å²) in [6.45, 7) is 11.7. The Morgan fingerprint density at radius 1 is 1.03 bits per heavy atom. The Balaban J connectivity index is 1.04. The van der Waals surface area contributed by atoms with Gasteiger partial charge in [0.2, 0.25) is 0 Å². The molecule has 0 bridgehead atoms. The molecule has 1 aromatic carbocycles. The van der Waals surface area contributed by atoms with Gasteiger partial charge in [0.05, 0.1) is 10.4 Å². The number of hydrogen-bond donors (Lipinski definition) is 0. The van der Waals surface area contributed by atoms with Crippen molar-refractivity contribution in [2.75, 3.05) is 50.7 Å². The van der Waals surface area contributed by atoms with Gasteiger partial charge in [-0.25, -0.2) is 9.97 Å². The monoisotopic (exact) mass is 432 g/mol. The van der Waals surface area contributed by atoms with Crippen molar-refractivity contribution in [1.82, 2.24) is 24.1 Å². The molecule has 0 unspecified atom stereocenters. The maximum atomic E-state index is 4.84. The van der Waals surface area contributed by atoms with Crippen LogP contribution < -0.4 is 4.90 Å². The Bertz CT molecular complexity index is 1110. The minimum absolute atomic E-state index is 0.609. The summed E-state index contributed by atoms with van der Waals surface area (Å²) in [4.78, 5) is 16.9. The van der Waals surface area contributed by atoms with Crippen LogP contribution in [0.5, 0.6) is 0 Å². The molecule has 6 nitrogen and oxygen atoms in total. The Hall–Kier alpha value is -2.51. The van der Waals surface area contributed by atoms with Crippen LogP contribution in [0.1, 0.15) is 35.8 Å². The van der Waals surface area contributed by atoms with Gasteiger partial charge >= 0.3 is 0 Å². The molecular weight excluding hydrogens is 404 g/mol. The smallest absolute Gasteiger partial charge is 0.150 e. The third kappa shape index (κ3) is 3.70. The van der Waals surface area contributed by atoms with Crippen molar-refractivity contribution in [2.24, 2.45) is 0 Å². The summed E-state index contributed by atoms with van der Waals surface area (Å²) < 4.78 is 6.01. The normalized spacial score (nSPS) is 19.8. The van der Waals surface area contributed by atoms with E-state index in [9.17, 15) is 0 Å². The lowest BCUT2D eigenvalue weighted by atomic mass is 10.0. The maximum Gasteiger partial charge on any atom is 0.150 e. The Kier molecular flexibility index (Phi) is 4.88. The number of nitrogens with zero attached hydrogens (tertiary/aromatic N) is 6. The van der Waals surface area contributed by atoms with Gasteiger partial charge in [0.15, 0.2) is 0 Å². The molecule has 3 aliphatic rings. The molecule has 0 radical (unpaired) electrons. The van der Waals surface area contributed by atoms with Crippen molar-refractivity contribution in [3.05, 3.63) is 54.1 Å². The van der Waals surface area contributed by atoms with Crippen LogP contribution in [0.25, 0.3) is 15.8 Å². The first-order valence-electron chi connectivity index (χ1n) is 11.4. The number of fused-ring (bicyclic) bond motifs is 2. The summed E-state index contributed by atoms with van der Waals surface area (Å²) in [5.41, 5.74) is 3.44. The number of hydrogen-bond acceptors (Lipinski definition) is 7. The van der Waals surface area contributed by atoms with Crippen LogP contribution in [0.3, 0.4) is 0 Å². The molecule has 2 aromatic heterocycles. The van der Waals surface area contributed by atoms with Gasteiger partial charge < -0.3 is 9.80 Å². The van der Waals surface area contributed by atoms with E-state index in [1.807, 2.05) is 6.20 Å². The second kappa shape index (κ2) is 7.88. The van der Waals surface area contributed by atoms with Gasteiger partial charge in [0.1, 0.15) is 11.6 Å². The number of anilines is 1. The van der Waals surface area contributed by atoms with Crippen LogP contribution in [-0.4, -0.2) is 70.0 Å². The van der Waals surface area contributed by atoms with Crippen molar-refractivity contribution in [1.29, 1.82) is 0 Å². The van der Waals surface area contributed by atoms with Crippen molar-refractivity contribution in [3.8, 4) is 0 Å². The number of rotatable bonds is 5. The minimum atomic E-state index is 0.609. The highest BCUT2D eigenvalue weighted by atomic mass is 32.1. The van der Waals surface area contributed by atoms with Crippen molar-refractivity contribution in [2.45, 2.75) is 25.2 Å². The molecule has 1 aliphatic carbocycles. The van der Waals surface area contributed by atoms with Crippen LogP contribution in [0, 0.1) is 0 Å². The van der Waals surface area contributed by atoms with Crippen LogP contribution in [0.15, 0.2) is 37.0 Å². The van der Waals surface area contributed by atoms with E-state index in [2.05, 4.69) is 50.5 Å².